The van der Waals surface area contributed by atoms with Crippen molar-refractivity contribution in [3.63, 3.8) is 0 Å². The molecule has 0 N–H and O–H groups in total. The molecule has 0 atom stereocenters. The van der Waals surface area contributed by atoms with Crippen molar-refractivity contribution in [3.8, 4) is 5.69 Å². The zero-order valence-electron chi connectivity index (χ0n) is 16.4. The molecule has 1 heterocycles. The Morgan fingerprint density at radius 2 is 1.68 bits per heavy atom. The summed E-state index contributed by atoms with van der Waals surface area (Å²) in [5, 5.41) is 12.7. The van der Waals surface area contributed by atoms with Gasteiger partial charge in [0, 0.05) is 12.6 Å². The molecule has 0 saturated heterocycles. The average Bonchev–Trinajstić information content (AvgIpc) is 3.25. The first-order valence-corrected chi connectivity index (χ1v) is 9.81. The fourth-order valence-electron chi connectivity index (χ4n) is 4.15. The monoisotopic (exact) mass is 375 g/mol. The molecule has 0 unspecified atom stereocenters. The van der Waals surface area contributed by atoms with E-state index in [-0.39, 0.29) is 5.91 Å². The Hall–Kier alpha value is -3.02. The van der Waals surface area contributed by atoms with Gasteiger partial charge in [0.25, 0.3) is 5.91 Å². The van der Waals surface area contributed by atoms with Crippen LogP contribution in [0, 0.1) is 6.92 Å². The molecule has 0 spiro atoms. The van der Waals surface area contributed by atoms with Gasteiger partial charge in [0.2, 0.25) is 0 Å². The molecule has 0 bridgehead atoms. The zero-order valence-corrected chi connectivity index (χ0v) is 16.4. The number of nitrogens with zero attached hydrogens (tertiary/aromatic N) is 5. The number of tetrazole rings is 1. The van der Waals surface area contributed by atoms with Crippen LogP contribution in [0.15, 0.2) is 54.6 Å². The lowest BCUT2D eigenvalue weighted by Crippen LogP contribution is -2.50. The predicted molar refractivity (Wildman–Crippen MR) is 107 cm³/mol. The van der Waals surface area contributed by atoms with Gasteiger partial charge in [-0.2, -0.15) is 4.68 Å². The summed E-state index contributed by atoms with van der Waals surface area (Å²) in [5.74, 6) is 0.740. The minimum atomic E-state index is -0.514. The highest BCUT2D eigenvalue weighted by atomic mass is 16.2. The third-order valence-corrected chi connectivity index (χ3v) is 5.81. The van der Waals surface area contributed by atoms with Crippen molar-refractivity contribution in [2.45, 2.75) is 44.6 Å². The molecule has 144 valence electrons. The normalized spacial score (nSPS) is 15.9. The van der Waals surface area contributed by atoms with Gasteiger partial charge in [-0.3, -0.25) is 4.79 Å². The van der Waals surface area contributed by atoms with E-state index in [1.54, 1.807) is 4.68 Å². The van der Waals surface area contributed by atoms with Gasteiger partial charge in [-0.25, -0.2) is 0 Å². The molecular weight excluding hydrogens is 350 g/mol. The van der Waals surface area contributed by atoms with Crippen LogP contribution in [0.2, 0.25) is 0 Å². The van der Waals surface area contributed by atoms with Gasteiger partial charge in [0.1, 0.15) is 5.54 Å². The average molecular weight is 375 g/mol. The molecule has 6 heteroatoms. The van der Waals surface area contributed by atoms with Crippen LogP contribution >= 0.6 is 0 Å². The van der Waals surface area contributed by atoms with Gasteiger partial charge in [0.05, 0.1) is 5.69 Å². The van der Waals surface area contributed by atoms with E-state index in [1.807, 2.05) is 66.5 Å². The first-order valence-electron chi connectivity index (χ1n) is 9.81. The number of benzene rings is 2. The Kier molecular flexibility index (Phi) is 4.94. The van der Waals surface area contributed by atoms with Crippen LogP contribution in [0.4, 0.5) is 0 Å². The fourth-order valence-corrected chi connectivity index (χ4v) is 4.15. The summed E-state index contributed by atoms with van der Waals surface area (Å²) < 4.78 is 1.79. The maximum absolute atomic E-state index is 13.3. The van der Waals surface area contributed by atoms with Crippen molar-refractivity contribution in [1.82, 2.24) is 25.1 Å². The van der Waals surface area contributed by atoms with Gasteiger partial charge < -0.3 is 4.90 Å². The zero-order chi connectivity index (χ0) is 19.6. The van der Waals surface area contributed by atoms with E-state index in [9.17, 15) is 4.79 Å². The lowest BCUT2D eigenvalue weighted by atomic mass is 9.79. The smallest absolute Gasteiger partial charge is 0.254 e. The van der Waals surface area contributed by atoms with Crippen LogP contribution in [-0.2, 0) is 5.54 Å². The Labute approximate surface area is 165 Å². The maximum Gasteiger partial charge on any atom is 0.254 e. The second-order valence-electron chi connectivity index (χ2n) is 7.57. The van der Waals surface area contributed by atoms with Crippen molar-refractivity contribution >= 4 is 5.91 Å². The predicted octanol–water partition coefficient (Wildman–Crippen LogP) is 3.90. The second-order valence-corrected chi connectivity index (χ2v) is 7.57. The van der Waals surface area contributed by atoms with Crippen LogP contribution < -0.4 is 0 Å². The topological polar surface area (TPSA) is 63.9 Å². The fraction of sp³-hybridized carbons (Fsp3) is 0.364. The van der Waals surface area contributed by atoms with E-state index in [4.69, 9.17) is 0 Å². The molecule has 0 aliphatic heterocycles. The number of carbonyl (C=O) groups excluding carboxylic acids is 1. The summed E-state index contributed by atoms with van der Waals surface area (Å²) in [4.78, 5) is 15.1. The minimum absolute atomic E-state index is 0.000885. The van der Waals surface area contributed by atoms with Gasteiger partial charge >= 0.3 is 0 Å². The molecule has 1 aliphatic carbocycles. The first-order chi connectivity index (χ1) is 13.6. The molecule has 6 nitrogen and oxygen atoms in total. The summed E-state index contributed by atoms with van der Waals surface area (Å²) in [6, 6.07) is 17.6. The molecule has 4 rings (SSSR count). The van der Waals surface area contributed by atoms with Crippen molar-refractivity contribution in [2.75, 3.05) is 7.05 Å². The third-order valence-electron chi connectivity index (χ3n) is 5.81. The highest BCUT2D eigenvalue weighted by molar-refractivity contribution is 5.94. The highest BCUT2D eigenvalue weighted by Crippen LogP contribution is 2.41. The molecule has 3 aromatic rings. The van der Waals surface area contributed by atoms with E-state index in [2.05, 4.69) is 22.4 Å². The number of rotatable bonds is 4. The molecule has 1 fully saturated rings. The highest BCUT2D eigenvalue weighted by Gasteiger charge is 2.45. The van der Waals surface area contributed by atoms with Gasteiger partial charge in [-0.05, 0) is 54.5 Å². The van der Waals surface area contributed by atoms with Crippen molar-refractivity contribution in [3.05, 3.63) is 71.5 Å². The molecule has 1 amide bonds. The molecule has 1 aliphatic rings. The second kappa shape index (κ2) is 7.54. The Morgan fingerprint density at radius 1 is 1.00 bits per heavy atom. The van der Waals surface area contributed by atoms with Crippen molar-refractivity contribution in [2.24, 2.45) is 0 Å². The largest absolute Gasteiger partial charge is 0.329 e. The number of amides is 1. The van der Waals surface area contributed by atoms with E-state index >= 15 is 0 Å². The Morgan fingerprint density at radius 3 is 2.36 bits per heavy atom. The summed E-state index contributed by atoms with van der Waals surface area (Å²) >= 11 is 0. The van der Waals surface area contributed by atoms with E-state index in [0.717, 1.165) is 37.2 Å². The lowest BCUT2D eigenvalue weighted by Gasteiger charge is -2.43. The van der Waals surface area contributed by atoms with Crippen molar-refractivity contribution < 1.29 is 4.79 Å². The summed E-state index contributed by atoms with van der Waals surface area (Å²) in [6.07, 6.45) is 4.98. The molecular formula is C22H25N5O. The molecule has 28 heavy (non-hydrogen) atoms. The summed E-state index contributed by atoms with van der Waals surface area (Å²) in [7, 11) is 1.88. The lowest BCUT2D eigenvalue weighted by molar-refractivity contribution is 0.0386. The van der Waals surface area contributed by atoms with E-state index in [1.165, 1.54) is 12.0 Å². The van der Waals surface area contributed by atoms with Gasteiger partial charge in [-0.1, -0.05) is 55.2 Å². The molecule has 1 saturated carbocycles. The number of aryl methyl sites for hydroxylation is 1. The van der Waals surface area contributed by atoms with Crippen LogP contribution in [0.5, 0.6) is 0 Å². The molecule has 1 aromatic heterocycles. The van der Waals surface area contributed by atoms with Gasteiger partial charge in [-0.15, -0.1) is 5.10 Å². The minimum Gasteiger partial charge on any atom is -0.329 e. The summed E-state index contributed by atoms with van der Waals surface area (Å²) in [6.45, 7) is 2.05. The Balaban J connectivity index is 1.78. The first kappa shape index (κ1) is 18.3. The van der Waals surface area contributed by atoms with Gasteiger partial charge in [0.15, 0.2) is 5.82 Å². The number of hydrogen-bond acceptors (Lipinski definition) is 4. The third kappa shape index (κ3) is 3.19. The molecule has 0 radical (unpaired) electrons. The standard InChI is InChI=1S/C22H25N5O/c1-17-11-13-19(14-12-17)27-21(23-24-25-27)22(15-7-4-8-16-22)26(2)20(28)18-9-5-3-6-10-18/h3,5-6,9-14H,4,7-8,15-16H2,1-2H3. The van der Waals surface area contributed by atoms with Crippen LogP contribution in [0.1, 0.15) is 53.8 Å². The molecule has 2 aromatic carbocycles. The number of aromatic nitrogens is 4. The summed E-state index contributed by atoms with van der Waals surface area (Å²) in [5.41, 5.74) is 2.27. The quantitative estimate of drug-likeness (QED) is 0.694. The van der Waals surface area contributed by atoms with Crippen molar-refractivity contribution in [1.29, 1.82) is 0 Å². The maximum atomic E-state index is 13.3. The van der Waals surface area contributed by atoms with E-state index < -0.39 is 5.54 Å². The number of hydrogen-bond donors (Lipinski definition) is 0. The van der Waals surface area contributed by atoms with Crippen LogP contribution in [-0.4, -0.2) is 38.1 Å². The van der Waals surface area contributed by atoms with E-state index in [0.29, 0.717) is 5.56 Å². The van der Waals surface area contributed by atoms with Crippen LogP contribution in [0.3, 0.4) is 0 Å². The SMILES string of the molecule is Cc1ccc(-n2nnnc2C2(N(C)C(=O)c3ccccc3)CCCCC2)cc1. The van der Waals surface area contributed by atoms with Crippen LogP contribution in [0.25, 0.3) is 5.69 Å². The Bertz CT molecular complexity index is 943. The number of carbonyl (C=O) groups is 1.